The third-order valence-corrected chi connectivity index (χ3v) is 5.97. The van der Waals surface area contributed by atoms with Crippen molar-refractivity contribution >= 4 is 23.4 Å². The van der Waals surface area contributed by atoms with E-state index in [4.69, 9.17) is 25.8 Å². The summed E-state index contributed by atoms with van der Waals surface area (Å²) in [6.07, 6.45) is 2.59. The molecule has 0 saturated carbocycles. The van der Waals surface area contributed by atoms with E-state index in [1.54, 1.807) is 17.0 Å². The summed E-state index contributed by atoms with van der Waals surface area (Å²) in [4.78, 5) is 31.1. The first-order chi connectivity index (χ1) is 15.5. The third-order valence-electron chi connectivity index (χ3n) is 5.67. The van der Waals surface area contributed by atoms with E-state index in [9.17, 15) is 9.59 Å². The number of carbonyl (C=O) groups excluding carboxylic acids is 2. The van der Waals surface area contributed by atoms with Crippen molar-refractivity contribution in [1.82, 2.24) is 25.4 Å². The highest BCUT2D eigenvalue weighted by molar-refractivity contribution is 6.33. The van der Waals surface area contributed by atoms with Crippen LogP contribution in [-0.4, -0.2) is 84.6 Å². The van der Waals surface area contributed by atoms with E-state index in [0.29, 0.717) is 80.2 Å². The van der Waals surface area contributed by atoms with E-state index < -0.39 is 0 Å². The van der Waals surface area contributed by atoms with Crippen LogP contribution in [0.4, 0.5) is 0 Å². The van der Waals surface area contributed by atoms with E-state index in [0.717, 1.165) is 0 Å². The molecule has 2 aromatic rings. The summed E-state index contributed by atoms with van der Waals surface area (Å²) in [6.45, 7) is 3.07. The number of methoxy groups -OCH3 is 1. The molecule has 0 aliphatic carbocycles. The Balaban J connectivity index is 1.30. The van der Waals surface area contributed by atoms with E-state index in [-0.39, 0.29) is 23.8 Å². The molecule has 11 heteroatoms. The molecular formula is C21H26ClN5O5. The van der Waals surface area contributed by atoms with Gasteiger partial charge in [-0.2, -0.15) is 5.10 Å². The minimum Gasteiger partial charge on any atom is -0.481 e. The maximum absolute atomic E-state index is 12.9. The summed E-state index contributed by atoms with van der Waals surface area (Å²) >= 11 is 6.23. The monoisotopic (exact) mass is 463 g/mol. The molecule has 32 heavy (non-hydrogen) atoms. The number of pyridine rings is 1. The number of aromatic amines is 1. The molecule has 2 amide bonds. The molecule has 10 nitrogen and oxygen atoms in total. The molecule has 2 saturated heterocycles. The SMILES string of the molecule is COc1cc(-c2cc(C(=O)N3CCC(C(=O)NCC4COCCO4)CC3)n[nH]2)c(Cl)cn1. The fourth-order valence-electron chi connectivity index (χ4n) is 3.83. The molecule has 2 aromatic heterocycles. The third kappa shape index (κ3) is 5.20. The van der Waals surface area contributed by atoms with Gasteiger partial charge < -0.3 is 24.4 Å². The zero-order chi connectivity index (χ0) is 22.5. The average molecular weight is 464 g/mol. The van der Waals surface area contributed by atoms with Crippen molar-refractivity contribution in [2.45, 2.75) is 18.9 Å². The van der Waals surface area contributed by atoms with Crippen LogP contribution >= 0.6 is 11.6 Å². The number of nitrogens with zero attached hydrogens (tertiary/aromatic N) is 3. The molecule has 2 N–H and O–H groups in total. The number of aromatic nitrogens is 3. The van der Waals surface area contributed by atoms with E-state index in [1.165, 1.54) is 13.3 Å². The van der Waals surface area contributed by atoms with Crippen LogP contribution in [0.3, 0.4) is 0 Å². The molecule has 2 fully saturated rings. The quantitative estimate of drug-likeness (QED) is 0.666. The van der Waals surface area contributed by atoms with Crippen molar-refractivity contribution in [3.63, 3.8) is 0 Å². The molecule has 1 atom stereocenters. The van der Waals surface area contributed by atoms with Gasteiger partial charge in [-0.25, -0.2) is 4.98 Å². The van der Waals surface area contributed by atoms with Crippen molar-refractivity contribution in [2.75, 3.05) is 46.6 Å². The zero-order valence-corrected chi connectivity index (χ0v) is 18.6. The lowest BCUT2D eigenvalue weighted by Crippen LogP contribution is -2.45. The number of halogens is 1. The van der Waals surface area contributed by atoms with Crippen molar-refractivity contribution in [1.29, 1.82) is 0 Å². The van der Waals surface area contributed by atoms with Crippen molar-refractivity contribution in [3.8, 4) is 17.1 Å². The molecule has 4 heterocycles. The molecule has 1 unspecified atom stereocenters. The van der Waals surface area contributed by atoms with Gasteiger partial charge in [-0.15, -0.1) is 0 Å². The van der Waals surface area contributed by atoms with Crippen LogP contribution < -0.4 is 10.1 Å². The van der Waals surface area contributed by atoms with Crippen LogP contribution in [0.2, 0.25) is 5.02 Å². The number of likely N-dealkylation sites (tertiary alicyclic amines) is 1. The molecule has 0 spiro atoms. The first kappa shape index (κ1) is 22.5. The molecule has 4 rings (SSSR count). The Bertz CT molecular complexity index is 954. The minimum absolute atomic E-state index is 0.00500. The predicted octanol–water partition coefficient (Wildman–Crippen LogP) is 1.52. The van der Waals surface area contributed by atoms with Gasteiger partial charge >= 0.3 is 0 Å². The molecular weight excluding hydrogens is 438 g/mol. The Morgan fingerprint density at radius 2 is 2.12 bits per heavy atom. The minimum atomic E-state index is -0.184. The van der Waals surface area contributed by atoms with Crippen LogP contribution in [0.25, 0.3) is 11.3 Å². The van der Waals surface area contributed by atoms with E-state index >= 15 is 0 Å². The molecule has 2 aliphatic heterocycles. The smallest absolute Gasteiger partial charge is 0.274 e. The number of piperidine rings is 1. The topological polar surface area (TPSA) is 119 Å². The lowest BCUT2D eigenvalue weighted by molar-refractivity contribution is -0.128. The Hall–Kier alpha value is -2.69. The Morgan fingerprint density at radius 3 is 2.84 bits per heavy atom. The Morgan fingerprint density at radius 1 is 1.31 bits per heavy atom. The summed E-state index contributed by atoms with van der Waals surface area (Å²) in [7, 11) is 1.52. The summed E-state index contributed by atoms with van der Waals surface area (Å²) in [5.74, 6) is 0.0991. The molecule has 0 bridgehead atoms. The van der Waals surface area contributed by atoms with Crippen LogP contribution in [-0.2, 0) is 14.3 Å². The van der Waals surface area contributed by atoms with E-state index in [1.807, 2.05) is 0 Å². The number of ether oxygens (including phenoxy) is 3. The molecule has 2 aliphatic rings. The second-order valence-corrected chi connectivity index (χ2v) is 8.16. The van der Waals surface area contributed by atoms with Crippen LogP contribution in [0.15, 0.2) is 18.3 Å². The van der Waals surface area contributed by atoms with Gasteiger partial charge in [0.1, 0.15) is 0 Å². The second-order valence-electron chi connectivity index (χ2n) is 7.75. The standard InChI is InChI=1S/C21H26ClN5O5/c1-30-19-8-15(16(22)11-23-19)17-9-18(26-25-17)21(29)27-4-2-13(3-5-27)20(28)24-10-14-12-31-6-7-32-14/h8-9,11,13-14H,2-7,10,12H2,1H3,(H,24,28)(H,25,26). The predicted molar refractivity (Wildman–Crippen MR) is 116 cm³/mol. The van der Waals surface area contributed by atoms with Gasteiger partial charge in [-0.1, -0.05) is 11.6 Å². The van der Waals surface area contributed by atoms with Gasteiger partial charge in [0.25, 0.3) is 5.91 Å². The van der Waals surface area contributed by atoms with Gasteiger partial charge in [0.2, 0.25) is 11.8 Å². The summed E-state index contributed by atoms with van der Waals surface area (Å²) < 4.78 is 16.0. The fourth-order valence-corrected chi connectivity index (χ4v) is 4.03. The van der Waals surface area contributed by atoms with Crippen molar-refractivity contribution in [2.24, 2.45) is 5.92 Å². The number of amides is 2. The number of H-pyrrole nitrogens is 1. The maximum atomic E-state index is 12.9. The lowest BCUT2D eigenvalue weighted by atomic mass is 9.95. The summed E-state index contributed by atoms with van der Waals surface area (Å²) in [5.41, 5.74) is 1.54. The highest BCUT2D eigenvalue weighted by Gasteiger charge is 2.29. The first-order valence-corrected chi connectivity index (χ1v) is 10.9. The fraction of sp³-hybridized carbons (Fsp3) is 0.524. The normalized spacial score (nSPS) is 19.6. The van der Waals surface area contributed by atoms with Crippen molar-refractivity contribution < 1.29 is 23.8 Å². The molecule has 172 valence electrons. The second kappa shape index (κ2) is 10.3. The van der Waals surface area contributed by atoms with Gasteiger partial charge in [0.05, 0.1) is 49.9 Å². The summed E-state index contributed by atoms with van der Waals surface area (Å²) in [5, 5.41) is 10.4. The maximum Gasteiger partial charge on any atom is 0.274 e. The average Bonchev–Trinajstić information content (AvgIpc) is 3.33. The molecule has 0 radical (unpaired) electrons. The Kier molecular flexibility index (Phi) is 7.23. The van der Waals surface area contributed by atoms with Crippen molar-refractivity contribution in [3.05, 3.63) is 29.0 Å². The number of hydrogen-bond donors (Lipinski definition) is 2. The highest BCUT2D eigenvalue weighted by Crippen LogP contribution is 2.29. The largest absolute Gasteiger partial charge is 0.481 e. The van der Waals surface area contributed by atoms with Crippen LogP contribution in [0.5, 0.6) is 5.88 Å². The van der Waals surface area contributed by atoms with Gasteiger partial charge in [0, 0.05) is 37.2 Å². The number of nitrogens with one attached hydrogen (secondary N) is 2. The van der Waals surface area contributed by atoms with Gasteiger partial charge in [-0.3, -0.25) is 14.7 Å². The zero-order valence-electron chi connectivity index (χ0n) is 17.8. The van der Waals surface area contributed by atoms with Gasteiger partial charge in [0.15, 0.2) is 5.69 Å². The molecule has 0 aromatic carbocycles. The van der Waals surface area contributed by atoms with Crippen LogP contribution in [0, 0.1) is 5.92 Å². The first-order valence-electron chi connectivity index (χ1n) is 10.6. The number of rotatable bonds is 6. The Labute approximate surface area is 190 Å². The van der Waals surface area contributed by atoms with Gasteiger partial charge in [-0.05, 0) is 18.9 Å². The lowest BCUT2D eigenvalue weighted by Gasteiger charge is -2.31. The number of hydrogen-bond acceptors (Lipinski definition) is 7. The summed E-state index contributed by atoms with van der Waals surface area (Å²) in [6, 6.07) is 3.34. The van der Waals surface area contributed by atoms with Crippen LogP contribution in [0.1, 0.15) is 23.3 Å². The van der Waals surface area contributed by atoms with E-state index in [2.05, 4.69) is 20.5 Å². The highest BCUT2D eigenvalue weighted by atomic mass is 35.5. The number of carbonyl (C=O) groups is 2.